The van der Waals surface area contributed by atoms with Gasteiger partial charge in [0, 0.05) is 43.4 Å². The molecule has 174 valence electrons. The van der Waals surface area contributed by atoms with Crippen molar-refractivity contribution < 1.29 is 18.7 Å². The summed E-state index contributed by atoms with van der Waals surface area (Å²) >= 11 is 0. The van der Waals surface area contributed by atoms with Crippen molar-refractivity contribution in [1.29, 1.82) is 0 Å². The van der Waals surface area contributed by atoms with E-state index in [0.717, 1.165) is 11.1 Å². The fourth-order valence-corrected chi connectivity index (χ4v) is 4.85. The number of hydrogen-bond acceptors (Lipinski definition) is 7. The summed E-state index contributed by atoms with van der Waals surface area (Å²) in [7, 11) is 3.03. The summed E-state index contributed by atoms with van der Waals surface area (Å²) in [6.45, 7) is 1.90. The van der Waals surface area contributed by atoms with Crippen LogP contribution in [-0.4, -0.2) is 46.5 Å². The van der Waals surface area contributed by atoms with Gasteiger partial charge in [0.05, 0.1) is 7.11 Å². The van der Waals surface area contributed by atoms with E-state index in [1.165, 1.54) is 24.4 Å². The van der Waals surface area contributed by atoms with Gasteiger partial charge in [-0.2, -0.15) is 0 Å². The van der Waals surface area contributed by atoms with Gasteiger partial charge < -0.3 is 15.2 Å². The summed E-state index contributed by atoms with van der Waals surface area (Å²) in [6.07, 6.45) is 5.46. The zero-order chi connectivity index (χ0) is 24.1. The highest BCUT2D eigenvalue weighted by molar-refractivity contribution is 6.07. The molecule has 0 unspecified atom stereocenters. The molecule has 0 saturated heterocycles. The highest BCUT2D eigenvalue weighted by Gasteiger charge is 2.56. The largest absolute Gasteiger partial charge is 0.494 e. The van der Waals surface area contributed by atoms with Crippen molar-refractivity contribution in [3.63, 3.8) is 0 Å². The molecule has 5 rings (SSSR count). The first-order valence-electron chi connectivity index (χ1n) is 10.8. The van der Waals surface area contributed by atoms with Crippen LogP contribution < -0.4 is 15.2 Å². The van der Waals surface area contributed by atoms with Crippen LogP contribution in [-0.2, 0) is 16.8 Å². The third kappa shape index (κ3) is 3.44. The maximum Gasteiger partial charge on any atom is 0.261 e. The molecule has 3 aromatic rings. The van der Waals surface area contributed by atoms with Crippen LogP contribution in [0.5, 0.6) is 11.5 Å². The van der Waals surface area contributed by atoms with Crippen molar-refractivity contribution in [1.82, 2.24) is 14.9 Å². The lowest BCUT2D eigenvalue weighted by atomic mass is 9.74. The van der Waals surface area contributed by atoms with Crippen molar-refractivity contribution in [2.45, 2.75) is 30.9 Å². The molecule has 1 amide bonds. The summed E-state index contributed by atoms with van der Waals surface area (Å²) in [5.41, 5.74) is 6.98. The predicted molar refractivity (Wildman–Crippen MR) is 124 cm³/mol. The smallest absolute Gasteiger partial charge is 0.261 e. The molecule has 2 aliphatic heterocycles. The lowest BCUT2D eigenvalue weighted by molar-refractivity contribution is -0.133. The van der Waals surface area contributed by atoms with E-state index in [4.69, 9.17) is 15.2 Å². The van der Waals surface area contributed by atoms with Gasteiger partial charge in [0.1, 0.15) is 17.7 Å². The third-order valence-electron chi connectivity index (χ3n) is 6.41. The number of rotatable bonds is 4. The molecular formula is C25H24FN5O3. The summed E-state index contributed by atoms with van der Waals surface area (Å²) in [5, 5.41) is 0. The van der Waals surface area contributed by atoms with Crippen LogP contribution in [0.25, 0.3) is 11.1 Å². The van der Waals surface area contributed by atoms with E-state index < -0.39 is 17.0 Å². The molecule has 2 atom stereocenters. The second-order valence-corrected chi connectivity index (χ2v) is 8.91. The number of methoxy groups -OCH3 is 1. The molecular weight excluding hydrogens is 437 g/mol. The highest BCUT2D eigenvalue weighted by atomic mass is 19.1. The molecule has 0 fully saturated rings. The first-order valence-corrected chi connectivity index (χ1v) is 10.8. The van der Waals surface area contributed by atoms with Gasteiger partial charge in [-0.15, -0.1) is 0 Å². The molecule has 2 N–H and O–H groups in total. The standard InChI is InChI=1S/C25H24FN5O3/c1-24(10-15-4-6-21(33-3)19(26)8-15)13-25(22(32)31(2)23(27)30-25)18-9-16(5-7-20(18)34-24)17-11-28-14-29-12-17/h4-9,11-12,14H,10,13H2,1-3H3,(H2,27,30)/t24-,25-/m1/s1. The van der Waals surface area contributed by atoms with Crippen LogP contribution in [0, 0.1) is 5.82 Å². The second kappa shape index (κ2) is 7.79. The molecule has 0 radical (unpaired) electrons. The molecule has 9 heteroatoms. The molecule has 1 spiro atoms. The number of benzene rings is 2. The van der Waals surface area contributed by atoms with Gasteiger partial charge in [0.15, 0.2) is 23.1 Å². The van der Waals surface area contributed by atoms with Gasteiger partial charge in [0.2, 0.25) is 0 Å². The Morgan fingerprint density at radius 1 is 1.18 bits per heavy atom. The number of carbonyl (C=O) groups is 1. The van der Waals surface area contributed by atoms with Crippen LogP contribution >= 0.6 is 0 Å². The van der Waals surface area contributed by atoms with Crippen molar-refractivity contribution in [3.8, 4) is 22.6 Å². The van der Waals surface area contributed by atoms with Gasteiger partial charge in [-0.05, 0) is 42.3 Å². The summed E-state index contributed by atoms with van der Waals surface area (Å²) in [6, 6.07) is 10.4. The van der Waals surface area contributed by atoms with Crippen molar-refractivity contribution in [2.75, 3.05) is 14.2 Å². The number of likely N-dealkylation sites (N-methyl/N-ethyl adjacent to an activating group) is 1. The minimum absolute atomic E-state index is 0.143. The average molecular weight is 461 g/mol. The monoisotopic (exact) mass is 461 g/mol. The number of fused-ring (bicyclic) bond motifs is 2. The number of halogens is 1. The van der Waals surface area contributed by atoms with Gasteiger partial charge in [-0.1, -0.05) is 12.1 Å². The molecule has 8 nitrogen and oxygen atoms in total. The van der Waals surface area contributed by atoms with Crippen molar-refractivity contribution in [3.05, 3.63) is 72.1 Å². The van der Waals surface area contributed by atoms with E-state index >= 15 is 0 Å². The fourth-order valence-electron chi connectivity index (χ4n) is 4.85. The lowest BCUT2D eigenvalue weighted by Crippen LogP contribution is -2.51. The maximum atomic E-state index is 14.4. The third-order valence-corrected chi connectivity index (χ3v) is 6.41. The zero-order valence-corrected chi connectivity index (χ0v) is 19.1. The van der Waals surface area contributed by atoms with E-state index in [-0.39, 0.29) is 24.0 Å². The van der Waals surface area contributed by atoms with Crippen LogP contribution in [0.2, 0.25) is 0 Å². The van der Waals surface area contributed by atoms with E-state index in [9.17, 15) is 9.18 Å². The SMILES string of the molecule is COc1ccc(C[C@]2(C)C[C@@]3(N=C(N)N(C)C3=O)c3cc(-c4cncnc4)ccc3O2)cc1F. The Morgan fingerprint density at radius 3 is 2.59 bits per heavy atom. The Hall–Kier alpha value is -4.01. The van der Waals surface area contributed by atoms with E-state index in [1.807, 2.05) is 25.1 Å². The van der Waals surface area contributed by atoms with Crippen molar-refractivity contribution >= 4 is 11.9 Å². The predicted octanol–water partition coefficient (Wildman–Crippen LogP) is 3.06. The van der Waals surface area contributed by atoms with E-state index in [0.29, 0.717) is 23.3 Å². The zero-order valence-electron chi connectivity index (χ0n) is 19.1. The topological polar surface area (TPSA) is 103 Å². The molecule has 3 heterocycles. The van der Waals surface area contributed by atoms with Crippen LogP contribution in [0.15, 0.2) is 60.1 Å². The van der Waals surface area contributed by atoms with Gasteiger partial charge in [-0.3, -0.25) is 9.69 Å². The van der Waals surface area contributed by atoms with Gasteiger partial charge >= 0.3 is 0 Å². The number of aromatic nitrogens is 2. The quantitative estimate of drug-likeness (QED) is 0.641. The lowest BCUT2D eigenvalue weighted by Gasteiger charge is -2.43. The normalized spacial score (nSPS) is 23.5. The summed E-state index contributed by atoms with van der Waals surface area (Å²) in [4.78, 5) is 27.8. The number of ether oxygens (including phenoxy) is 2. The van der Waals surface area contributed by atoms with Crippen LogP contribution in [0.1, 0.15) is 24.5 Å². The minimum atomic E-state index is -1.25. The Balaban J connectivity index is 1.60. The molecule has 2 aromatic carbocycles. The van der Waals surface area contributed by atoms with Gasteiger partial charge in [0.25, 0.3) is 5.91 Å². The van der Waals surface area contributed by atoms with Crippen LogP contribution in [0.4, 0.5) is 4.39 Å². The fraction of sp³-hybridized carbons (Fsp3) is 0.280. The maximum absolute atomic E-state index is 14.4. The highest BCUT2D eigenvalue weighted by Crippen LogP contribution is 2.50. The van der Waals surface area contributed by atoms with E-state index in [1.54, 1.807) is 31.6 Å². The first-order chi connectivity index (χ1) is 16.2. The summed E-state index contributed by atoms with van der Waals surface area (Å²) in [5.74, 6) is 0.154. The first kappa shape index (κ1) is 21.8. The number of guanidine groups is 1. The Kier molecular flexibility index (Phi) is 5.00. The molecule has 2 aliphatic rings. The van der Waals surface area contributed by atoms with Gasteiger partial charge in [-0.25, -0.2) is 19.4 Å². The molecule has 0 saturated carbocycles. The minimum Gasteiger partial charge on any atom is -0.494 e. The molecule has 0 bridgehead atoms. The van der Waals surface area contributed by atoms with Crippen LogP contribution in [0.3, 0.4) is 0 Å². The Bertz CT molecular complexity index is 1320. The second-order valence-electron chi connectivity index (χ2n) is 8.91. The molecule has 34 heavy (non-hydrogen) atoms. The average Bonchev–Trinajstić information content (AvgIpc) is 3.03. The number of nitrogens with zero attached hydrogens (tertiary/aromatic N) is 4. The number of aliphatic imine (C=N–C) groups is 1. The van der Waals surface area contributed by atoms with E-state index in [2.05, 4.69) is 15.0 Å². The Morgan fingerprint density at radius 2 is 1.94 bits per heavy atom. The number of carbonyl (C=O) groups excluding carboxylic acids is 1. The number of nitrogens with two attached hydrogens (primary N) is 1. The Labute approximate surface area is 196 Å². The number of amides is 1. The molecule has 1 aromatic heterocycles. The van der Waals surface area contributed by atoms with Crippen molar-refractivity contribution in [2.24, 2.45) is 10.7 Å². The summed E-state index contributed by atoms with van der Waals surface area (Å²) < 4.78 is 25.8. The molecule has 0 aliphatic carbocycles. The number of hydrogen-bond donors (Lipinski definition) is 1.